The molecule has 17 heavy (non-hydrogen) atoms. The Morgan fingerprint density at radius 2 is 2.00 bits per heavy atom. The Balaban J connectivity index is 2.38. The maximum absolute atomic E-state index is 5.58. The molecule has 88 valence electrons. The number of aromatic nitrogens is 5. The predicted octanol–water partition coefficient (Wildman–Crippen LogP) is 0.698. The van der Waals surface area contributed by atoms with E-state index in [2.05, 4.69) is 24.9 Å². The smallest absolute Gasteiger partial charge is 0.322 e. The fourth-order valence-electron chi connectivity index (χ4n) is 1.16. The molecule has 0 saturated heterocycles. The zero-order valence-electron chi connectivity index (χ0n) is 9.53. The minimum absolute atomic E-state index is 0.0356. The first-order valence-electron chi connectivity index (χ1n) is 5.10. The van der Waals surface area contributed by atoms with Gasteiger partial charge >= 0.3 is 6.01 Å². The lowest BCUT2D eigenvalue weighted by Gasteiger charge is -2.08. The first kappa shape index (κ1) is 11.2. The average Bonchev–Trinajstić information content (AvgIpc) is 2.28. The summed E-state index contributed by atoms with van der Waals surface area (Å²) in [4.78, 5) is 20.0. The first-order chi connectivity index (χ1) is 8.15. The number of nitrogen functional groups attached to an aromatic ring is 1. The second-order valence-electron chi connectivity index (χ2n) is 3.56. The molecule has 0 aliphatic heterocycles. The van der Waals surface area contributed by atoms with E-state index in [9.17, 15) is 0 Å². The number of rotatable bonds is 3. The highest BCUT2D eigenvalue weighted by atomic mass is 16.5. The molecule has 0 amide bonds. The third-order valence-electron chi connectivity index (χ3n) is 1.77. The zero-order chi connectivity index (χ0) is 12.3. The van der Waals surface area contributed by atoms with Gasteiger partial charge in [-0.05, 0) is 13.8 Å². The molecule has 0 aliphatic rings. The lowest BCUT2D eigenvalue weighted by molar-refractivity contribution is 0.222. The Bertz CT molecular complexity index is 501. The van der Waals surface area contributed by atoms with Crippen molar-refractivity contribution >= 4 is 5.95 Å². The van der Waals surface area contributed by atoms with Crippen molar-refractivity contribution in [2.45, 2.75) is 20.0 Å². The third kappa shape index (κ3) is 2.83. The van der Waals surface area contributed by atoms with Gasteiger partial charge in [-0.15, -0.1) is 0 Å². The van der Waals surface area contributed by atoms with Gasteiger partial charge in [0.05, 0.1) is 12.3 Å². The van der Waals surface area contributed by atoms with E-state index in [0.717, 1.165) is 0 Å². The van der Waals surface area contributed by atoms with E-state index in [1.165, 1.54) is 0 Å². The molecule has 0 aliphatic carbocycles. The maximum Gasteiger partial charge on any atom is 0.322 e. The molecule has 2 aromatic rings. The van der Waals surface area contributed by atoms with Crippen LogP contribution in [0.2, 0.25) is 0 Å². The molecule has 7 nitrogen and oxygen atoms in total. The van der Waals surface area contributed by atoms with Gasteiger partial charge < -0.3 is 10.5 Å². The van der Waals surface area contributed by atoms with Crippen LogP contribution in [0.25, 0.3) is 11.5 Å². The molecule has 7 heteroatoms. The summed E-state index contributed by atoms with van der Waals surface area (Å²) in [6, 6.07) is 0.188. The second kappa shape index (κ2) is 4.69. The maximum atomic E-state index is 5.58. The van der Waals surface area contributed by atoms with Gasteiger partial charge in [-0.25, -0.2) is 4.98 Å². The topological polar surface area (TPSA) is 99.7 Å². The average molecular weight is 232 g/mol. The highest BCUT2D eigenvalue weighted by Gasteiger charge is 2.09. The van der Waals surface area contributed by atoms with Crippen LogP contribution in [-0.4, -0.2) is 31.0 Å². The van der Waals surface area contributed by atoms with Crippen LogP contribution in [0.1, 0.15) is 13.8 Å². The molecule has 0 unspecified atom stereocenters. The van der Waals surface area contributed by atoms with Crippen molar-refractivity contribution in [1.82, 2.24) is 24.9 Å². The molecule has 0 bridgehead atoms. The minimum atomic E-state index is -0.0356. The van der Waals surface area contributed by atoms with E-state index in [0.29, 0.717) is 11.5 Å². The number of nitrogens with two attached hydrogens (primary N) is 1. The SMILES string of the molecule is CC(C)Oc1nc(N)nc(-c2cnccn2)n1. The van der Waals surface area contributed by atoms with Crippen LogP contribution in [0.4, 0.5) is 5.95 Å². The van der Waals surface area contributed by atoms with Gasteiger partial charge in [0.15, 0.2) is 5.82 Å². The van der Waals surface area contributed by atoms with Crippen LogP contribution >= 0.6 is 0 Å². The summed E-state index contributed by atoms with van der Waals surface area (Å²) in [6.45, 7) is 3.75. The van der Waals surface area contributed by atoms with Gasteiger partial charge in [0.2, 0.25) is 5.95 Å². The highest BCUT2D eigenvalue weighted by molar-refractivity contribution is 5.48. The van der Waals surface area contributed by atoms with Crippen LogP contribution < -0.4 is 10.5 Å². The summed E-state index contributed by atoms with van der Waals surface area (Å²) >= 11 is 0. The van der Waals surface area contributed by atoms with Crippen LogP contribution in [0, 0.1) is 0 Å². The van der Waals surface area contributed by atoms with Gasteiger partial charge in [0.25, 0.3) is 0 Å². The Morgan fingerprint density at radius 3 is 2.65 bits per heavy atom. The highest BCUT2D eigenvalue weighted by Crippen LogP contribution is 2.14. The van der Waals surface area contributed by atoms with Gasteiger partial charge in [-0.1, -0.05) is 0 Å². The van der Waals surface area contributed by atoms with Crippen molar-refractivity contribution < 1.29 is 4.74 Å². The molecule has 0 saturated carbocycles. The number of hydrogen-bond acceptors (Lipinski definition) is 7. The molecule has 0 aromatic carbocycles. The van der Waals surface area contributed by atoms with Crippen LogP contribution in [0.5, 0.6) is 6.01 Å². The van der Waals surface area contributed by atoms with Crippen LogP contribution in [-0.2, 0) is 0 Å². The van der Waals surface area contributed by atoms with E-state index in [-0.39, 0.29) is 18.1 Å². The number of anilines is 1. The van der Waals surface area contributed by atoms with E-state index in [1.807, 2.05) is 13.8 Å². The lowest BCUT2D eigenvalue weighted by Crippen LogP contribution is -2.11. The number of ether oxygens (including phenoxy) is 1. The predicted molar refractivity (Wildman–Crippen MR) is 61.0 cm³/mol. The minimum Gasteiger partial charge on any atom is -0.461 e. The standard InChI is InChI=1S/C10H12N6O/c1-6(2)17-10-15-8(14-9(11)16-10)7-5-12-3-4-13-7/h3-6H,1-2H3,(H2,11,14,15,16). The van der Waals surface area contributed by atoms with Crippen molar-refractivity contribution in [2.24, 2.45) is 0 Å². The van der Waals surface area contributed by atoms with E-state index >= 15 is 0 Å². The fourth-order valence-corrected chi connectivity index (χ4v) is 1.16. The monoisotopic (exact) mass is 232 g/mol. The van der Waals surface area contributed by atoms with Crippen molar-refractivity contribution in [2.75, 3.05) is 5.73 Å². The second-order valence-corrected chi connectivity index (χ2v) is 3.56. The van der Waals surface area contributed by atoms with E-state index in [1.54, 1.807) is 18.6 Å². The summed E-state index contributed by atoms with van der Waals surface area (Å²) in [5.74, 6) is 0.442. The summed E-state index contributed by atoms with van der Waals surface area (Å²) in [5, 5.41) is 0. The molecular weight excluding hydrogens is 220 g/mol. The molecular formula is C10H12N6O. The lowest BCUT2D eigenvalue weighted by atomic mass is 10.4. The number of nitrogens with zero attached hydrogens (tertiary/aromatic N) is 5. The van der Waals surface area contributed by atoms with Gasteiger partial charge in [-0.3, -0.25) is 4.98 Å². The van der Waals surface area contributed by atoms with Gasteiger partial charge in [0, 0.05) is 12.4 Å². The van der Waals surface area contributed by atoms with E-state index in [4.69, 9.17) is 10.5 Å². The Kier molecular flexibility index (Phi) is 3.08. The molecule has 2 rings (SSSR count). The first-order valence-corrected chi connectivity index (χ1v) is 5.10. The summed E-state index contributed by atoms with van der Waals surface area (Å²) in [7, 11) is 0. The largest absolute Gasteiger partial charge is 0.461 e. The Morgan fingerprint density at radius 1 is 1.18 bits per heavy atom. The number of hydrogen-bond donors (Lipinski definition) is 1. The summed E-state index contributed by atoms with van der Waals surface area (Å²) < 4.78 is 5.37. The molecule has 0 spiro atoms. The Hall–Kier alpha value is -2.31. The van der Waals surface area contributed by atoms with Crippen molar-refractivity contribution in [3.8, 4) is 17.5 Å². The molecule has 2 N–H and O–H groups in total. The van der Waals surface area contributed by atoms with Crippen molar-refractivity contribution in [1.29, 1.82) is 0 Å². The van der Waals surface area contributed by atoms with Crippen LogP contribution in [0.3, 0.4) is 0 Å². The quantitative estimate of drug-likeness (QED) is 0.831. The van der Waals surface area contributed by atoms with Crippen molar-refractivity contribution in [3.05, 3.63) is 18.6 Å². The third-order valence-corrected chi connectivity index (χ3v) is 1.77. The molecule has 0 fully saturated rings. The normalized spacial score (nSPS) is 10.5. The summed E-state index contributed by atoms with van der Waals surface area (Å²) in [6.07, 6.45) is 4.64. The molecule has 0 atom stereocenters. The Labute approximate surface area is 98.1 Å². The van der Waals surface area contributed by atoms with E-state index < -0.39 is 0 Å². The van der Waals surface area contributed by atoms with Gasteiger partial charge in [-0.2, -0.15) is 15.0 Å². The van der Waals surface area contributed by atoms with Crippen LogP contribution in [0.15, 0.2) is 18.6 Å². The van der Waals surface area contributed by atoms with Crippen molar-refractivity contribution in [3.63, 3.8) is 0 Å². The zero-order valence-corrected chi connectivity index (χ0v) is 9.53. The summed E-state index contributed by atoms with van der Waals surface area (Å²) in [5.41, 5.74) is 6.11. The molecule has 0 radical (unpaired) electrons. The molecule has 2 aromatic heterocycles. The fraction of sp³-hybridized carbons (Fsp3) is 0.300. The molecule has 2 heterocycles. The van der Waals surface area contributed by atoms with Gasteiger partial charge in [0.1, 0.15) is 5.69 Å².